The van der Waals surface area contributed by atoms with E-state index >= 15 is 0 Å². The average Bonchev–Trinajstić information content (AvgIpc) is 2.98. The second kappa shape index (κ2) is 5.65. The fourth-order valence-electron chi connectivity index (χ4n) is 3.89. The van der Waals surface area contributed by atoms with Gasteiger partial charge >= 0.3 is 0 Å². The number of thioether (sulfide) groups is 1. The van der Waals surface area contributed by atoms with Crippen LogP contribution in [0.1, 0.15) is 51.9 Å². The first-order valence-electron chi connectivity index (χ1n) is 7.71. The summed E-state index contributed by atoms with van der Waals surface area (Å²) >= 11 is 1.94. The number of nitrogens with one attached hydrogen (secondary N) is 1. The molecule has 0 amide bonds. The van der Waals surface area contributed by atoms with Crippen LogP contribution in [-0.4, -0.2) is 35.7 Å². The summed E-state index contributed by atoms with van der Waals surface area (Å²) in [6.45, 7) is 2.39. The maximum absolute atomic E-state index is 5.43. The van der Waals surface area contributed by atoms with E-state index in [0.29, 0.717) is 17.7 Å². The molecule has 3 aliphatic rings. The van der Waals surface area contributed by atoms with E-state index in [1.807, 2.05) is 18.9 Å². The van der Waals surface area contributed by atoms with Crippen LogP contribution in [0.5, 0.6) is 0 Å². The molecule has 0 aromatic carbocycles. The maximum Gasteiger partial charge on any atom is 0.157 e. The first kappa shape index (κ1) is 13.7. The third kappa shape index (κ3) is 3.10. The lowest BCUT2D eigenvalue weighted by atomic mass is 9.78. The molecule has 0 aromatic rings. The fraction of sp³-hybridized carbons (Fsp3) is 0.933. The Balaban J connectivity index is 1.59. The molecule has 3 fully saturated rings. The van der Waals surface area contributed by atoms with Gasteiger partial charge in [-0.1, -0.05) is 31.5 Å². The smallest absolute Gasteiger partial charge is 0.157 e. The number of methoxy groups -OCH3 is 1. The topological polar surface area (TPSA) is 33.6 Å². The van der Waals surface area contributed by atoms with E-state index in [-0.39, 0.29) is 0 Å². The molecule has 0 bridgehead atoms. The minimum Gasteiger partial charge on any atom is -0.381 e. The van der Waals surface area contributed by atoms with Gasteiger partial charge < -0.3 is 10.1 Å². The van der Waals surface area contributed by atoms with Gasteiger partial charge in [0.15, 0.2) is 5.17 Å². The number of rotatable bonds is 2. The Morgan fingerprint density at radius 2 is 2.26 bits per heavy atom. The van der Waals surface area contributed by atoms with E-state index in [1.54, 1.807) is 0 Å². The van der Waals surface area contributed by atoms with Gasteiger partial charge in [-0.15, -0.1) is 0 Å². The number of amidine groups is 1. The highest BCUT2D eigenvalue weighted by Crippen LogP contribution is 2.39. The summed E-state index contributed by atoms with van der Waals surface area (Å²) in [4.78, 5) is 4.94. The molecule has 0 radical (unpaired) electrons. The van der Waals surface area contributed by atoms with Crippen LogP contribution in [0.4, 0.5) is 0 Å². The van der Waals surface area contributed by atoms with Crippen molar-refractivity contribution in [3.8, 4) is 0 Å². The molecule has 2 aliphatic carbocycles. The second-order valence-electron chi connectivity index (χ2n) is 6.65. The zero-order valence-corrected chi connectivity index (χ0v) is 13.0. The molecular formula is C15H26N2OS. The molecule has 4 heteroatoms. The zero-order valence-electron chi connectivity index (χ0n) is 12.2. The van der Waals surface area contributed by atoms with Gasteiger partial charge in [-0.25, -0.2) is 0 Å². The van der Waals surface area contributed by atoms with E-state index in [4.69, 9.17) is 9.73 Å². The Bertz CT molecular complexity index is 360. The summed E-state index contributed by atoms with van der Waals surface area (Å²) in [5.74, 6) is 2.09. The first-order valence-corrected chi connectivity index (χ1v) is 8.69. The van der Waals surface area contributed by atoms with Crippen molar-refractivity contribution in [3.05, 3.63) is 0 Å². The number of hydrogen-bond acceptors (Lipinski definition) is 3. The third-order valence-electron chi connectivity index (χ3n) is 4.94. The van der Waals surface area contributed by atoms with E-state index in [9.17, 15) is 0 Å². The number of nitrogens with zero attached hydrogens (tertiary/aromatic N) is 1. The molecule has 1 saturated heterocycles. The molecule has 4 atom stereocenters. The van der Waals surface area contributed by atoms with Gasteiger partial charge in [0.1, 0.15) is 0 Å². The van der Waals surface area contributed by atoms with Crippen molar-refractivity contribution in [3.63, 3.8) is 0 Å². The molecule has 1 spiro atoms. The summed E-state index contributed by atoms with van der Waals surface area (Å²) in [6, 6.07) is 0.483. The van der Waals surface area contributed by atoms with Gasteiger partial charge in [-0.2, -0.15) is 0 Å². The van der Waals surface area contributed by atoms with Crippen molar-refractivity contribution in [2.24, 2.45) is 10.9 Å². The van der Waals surface area contributed by atoms with Crippen LogP contribution >= 0.6 is 11.8 Å². The summed E-state index contributed by atoms with van der Waals surface area (Å²) in [5.41, 5.74) is 0.362. The van der Waals surface area contributed by atoms with Gasteiger partial charge in [-0.05, 0) is 38.0 Å². The SMILES string of the molecule is COC1CCC(N=C2NC3(CCCC(C)C3)CS2)C1. The number of aliphatic imine (C=N–C) groups is 1. The lowest BCUT2D eigenvalue weighted by Gasteiger charge is -2.36. The van der Waals surface area contributed by atoms with Gasteiger partial charge in [0, 0.05) is 18.4 Å². The molecular weight excluding hydrogens is 256 g/mol. The highest BCUT2D eigenvalue weighted by Gasteiger charge is 2.40. The molecule has 3 nitrogen and oxygen atoms in total. The quantitative estimate of drug-likeness (QED) is 0.844. The lowest BCUT2D eigenvalue weighted by molar-refractivity contribution is 0.108. The van der Waals surface area contributed by atoms with E-state index in [0.717, 1.165) is 12.3 Å². The molecule has 1 aliphatic heterocycles. The molecule has 1 heterocycles. The normalized spacial score (nSPS) is 44.9. The third-order valence-corrected chi connectivity index (χ3v) is 6.12. The van der Waals surface area contributed by atoms with Crippen LogP contribution in [0.25, 0.3) is 0 Å². The van der Waals surface area contributed by atoms with Crippen LogP contribution in [-0.2, 0) is 4.74 Å². The molecule has 0 aromatic heterocycles. The molecule has 108 valence electrons. The van der Waals surface area contributed by atoms with Crippen molar-refractivity contribution in [2.75, 3.05) is 12.9 Å². The van der Waals surface area contributed by atoms with Gasteiger partial charge in [0.05, 0.1) is 12.1 Å². The Morgan fingerprint density at radius 3 is 3.00 bits per heavy atom. The average molecular weight is 282 g/mol. The Hall–Kier alpha value is -0.220. The summed E-state index contributed by atoms with van der Waals surface area (Å²) in [5, 5.41) is 4.97. The van der Waals surface area contributed by atoms with Crippen LogP contribution in [0.15, 0.2) is 4.99 Å². The van der Waals surface area contributed by atoms with Crippen molar-refractivity contribution < 1.29 is 4.74 Å². The Labute approximate surface area is 121 Å². The van der Waals surface area contributed by atoms with E-state index < -0.39 is 0 Å². The Kier molecular flexibility index (Phi) is 4.08. The summed E-state index contributed by atoms with van der Waals surface area (Å²) < 4.78 is 5.43. The monoisotopic (exact) mass is 282 g/mol. The predicted octanol–water partition coefficient (Wildman–Crippen LogP) is 3.20. The van der Waals surface area contributed by atoms with Crippen LogP contribution in [0.2, 0.25) is 0 Å². The molecule has 1 N–H and O–H groups in total. The van der Waals surface area contributed by atoms with Crippen LogP contribution < -0.4 is 5.32 Å². The van der Waals surface area contributed by atoms with Gasteiger partial charge in [-0.3, -0.25) is 4.99 Å². The van der Waals surface area contributed by atoms with Crippen molar-refractivity contribution in [2.45, 2.75) is 69.6 Å². The number of ether oxygens (including phenoxy) is 1. The van der Waals surface area contributed by atoms with Crippen molar-refractivity contribution >= 4 is 16.9 Å². The Morgan fingerprint density at radius 1 is 1.37 bits per heavy atom. The summed E-state index contributed by atoms with van der Waals surface area (Å²) in [7, 11) is 1.82. The van der Waals surface area contributed by atoms with E-state index in [1.165, 1.54) is 49.4 Å². The summed E-state index contributed by atoms with van der Waals surface area (Å²) in [6.07, 6.45) is 9.32. The number of hydrogen-bond donors (Lipinski definition) is 1. The second-order valence-corrected chi connectivity index (χ2v) is 7.62. The molecule has 3 rings (SSSR count). The van der Waals surface area contributed by atoms with Crippen molar-refractivity contribution in [1.82, 2.24) is 5.32 Å². The van der Waals surface area contributed by atoms with Crippen molar-refractivity contribution in [1.29, 1.82) is 0 Å². The highest BCUT2D eigenvalue weighted by molar-refractivity contribution is 8.14. The first-order chi connectivity index (χ1) is 9.19. The molecule has 4 unspecified atom stereocenters. The zero-order chi connectivity index (χ0) is 13.3. The minimum absolute atomic E-state index is 0.362. The van der Waals surface area contributed by atoms with Crippen LogP contribution in [0.3, 0.4) is 0 Å². The fourth-order valence-corrected chi connectivity index (χ4v) is 5.15. The molecule has 19 heavy (non-hydrogen) atoms. The highest BCUT2D eigenvalue weighted by atomic mass is 32.2. The van der Waals surface area contributed by atoms with E-state index in [2.05, 4.69) is 12.2 Å². The largest absolute Gasteiger partial charge is 0.381 e. The maximum atomic E-state index is 5.43. The molecule has 2 saturated carbocycles. The minimum atomic E-state index is 0.362. The van der Waals surface area contributed by atoms with Gasteiger partial charge in [0.25, 0.3) is 0 Å². The predicted molar refractivity (Wildman–Crippen MR) is 81.8 cm³/mol. The lowest BCUT2D eigenvalue weighted by Crippen LogP contribution is -2.47. The van der Waals surface area contributed by atoms with Crippen LogP contribution in [0, 0.1) is 5.92 Å². The standard InChI is InChI=1S/C15H26N2OS/c1-11-4-3-7-15(9-11)10-19-14(17-15)16-12-5-6-13(8-12)18-2/h11-13H,3-10H2,1-2H3,(H,16,17). The van der Waals surface area contributed by atoms with Gasteiger partial charge in [0.2, 0.25) is 0 Å².